The monoisotopic (exact) mass is 531 g/mol. The number of carbonyl (C=O) groups is 1. The Morgan fingerprint density at radius 2 is 1.69 bits per heavy atom. The first-order chi connectivity index (χ1) is 16.7. The summed E-state index contributed by atoms with van der Waals surface area (Å²) >= 11 is 19.3. The van der Waals surface area contributed by atoms with Crippen LogP contribution >= 0.6 is 34.8 Å². The van der Waals surface area contributed by atoms with Crippen molar-refractivity contribution in [1.29, 1.82) is 0 Å². The van der Waals surface area contributed by atoms with Crippen molar-refractivity contribution in [1.82, 2.24) is 5.32 Å². The van der Waals surface area contributed by atoms with Gasteiger partial charge >= 0.3 is 0 Å². The molecule has 2 heterocycles. The number of nitrogens with zero attached hydrogens (tertiary/aromatic N) is 1. The molecule has 5 rings (SSSR count). The summed E-state index contributed by atoms with van der Waals surface area (Å²) in [7, 11) is 0. The Kier molecular flexibility index (Phi) is 6.13. The molecule has 0 aliphatic carbocycles. The Bertz CT molecular complexity index is 1330. The summed E-state index contributed by atoms with van der Waals surface area (Å²) in [6.07, 6.45) is 0. The maximum absolute atomic E-state index is 13.2. The van der Waals surface area contributed by atoms with Gasteiger partial charge in [-0.05, 0) is 36.8 Å². The van der Waals surface area contributed by atoms with Crippen LogP contribution in [0, 0.1) is 10.1 Å². The molecule has 2 aliphatic rings. The lowest BCUT2D eigenvalue weighted by Gasteiger charge is -2.25. The smallest absolute Gasteiger partial charge is 0.256 e. The van der Waals surface area contributed by atoms with Gasteiger partial charge in [0.15, 0.2) is 11.3 Å². The molecule has 7 nitrogen and oxygen atoms in total. The van der Waals surface area contributed by atoms with Gasteiger partial charge in [-0.2, -0.15) is 0 Å². The number of nitro groups is 1. The zero-order valence-corrected chi connectivity index (χ0v) is 20.7. The van der Waals surface area contributed by atoms with E-state index in [-0.39, 0.29) is 22.4 Å². The van der Waals surface area contributed by atoms with Gasteiger partial charge in [0.2, 0.25) is 0 Å². The van der Waals surface area contributed by atoms with Crippen LogP contribution in [0.15, 0.2) is 60.7 Å². The highest BCUT2D eigenvalue weighted by molar-refractivity contribution is 6.37. The summed E-state index contributed by atoms with van der Waals surface area (Å²) in [4.78, 5) is 25.2. The van der Waals surface area contributed by atoms with Crippen LogP contribution < -0.4 is 15.4 Å². The van der Waals surface area contributed by atoms with Gasteiger partial charge in [0, 0.05) is 32.8 Å². The highest BCUT2D eigenvalue weighted by Crippen LogP contribution is 2.50. The second kappa shape index (κ2) is 8.99. The fourth-order valence-corrected chi connectivity index (χ4v) is 6.03. The second-order valence-corrected chi connectivity index (χ2v) is 9.91. The average molecular weight is 533 g/mol. The number of benzene rings is 3. The molecular weight excluding hydrogens is 513 g/mol. The van der Waals surface area contributed by atoms with Crippen molar-refractivity contribution in [3.63, 3.8) is 0 Å². The standard InChI is InChI=1S/C25H20Cl3N3O4/c1-13-21(23(31(33)34)25(30-13)16-7-3-5-9-20(16)29-24(25)32)15-10-18(27)22(19(28)11-15)35-12-14-6-2-4-8-17(14)26/h2-11,13,21,23,30H,12H2,1H3,(H,29,32)/t13-,21-,23-,25-/m0/s1. The van der Waals surface area contributed by atoms with Crippen LogP contribution in [0.3, 0.4) is 0 Å². The quantitative estimate of drug-likeness (QED) is 0.320. The van der Waals surface area contributed by atoms with E-state index < -0.39 is 34.4 Å². The van der Waals surface area contributed by atoms with Crippen molar-refractivity contribution < 1.29 is 14.5 Å². The maximum atomic E-state index is 13.2. The number of para-hydroxylation sites is 1. The lowest BCUT2D eigenvalue weighted by atomic mass is 9.78. The first kappa shape index (κ1) is 23.9. The van der Waals surface area contributed by atoms with E-state index >= 15 is 0 Å². The fourth-order valence-electron chi connectivity index (χ4n) is 5.23. The largest absolute Gasteiger partial charge is 0.486 e. The third kappa shape index (κ3) is 3.83. The van der Waals surface area contributed by atoms with Gasteiger partial charge in [0.05, 0.1) is 16.0 Å². The van der Waals surface area contributed by atoms with E-state index in [2.05, 4.69) is 10.6 Å². The molecule has 0 bridgehead atoms. The number of fused-ring (bicyclic) bond motifs is 2. The van der Waals surface area contributed by atoms with Crippen LogP contribution in [0.25, 0.3) is 0 Å². The van der Waals surface area contributed by atoms with Crippen LogP contribution in [0.4, 0.5) is 5.69 Å². The molecule has 0 unspecified atom stereocenters. The fraction of sp³-hybridized carbons (Fsp3) is 0.240. The number of ether oxygens (including phenoxy) is 1. The third-order valence-corrected chi connectivity index (χ3v) is 7.63. The van der Waals surface area contributed by atoms with Gasteiger partial charge < -0.3 is 10.1 Å². The van der Waals surface area contributed by atoms with Crippen LogP contribution in [0.2, 0.25) is 15.1 Å². The van der Waals surface area contributed by atoms with Gasteiger partial charge in [-0.3, -0.25) is 20.2 Å². The molecule has 1 amide bonds. The Hall–Kier alpha value is -2.84. The molecule has 180 valence electrons. The first-order valence-electron chi connectivity index (χ1n) is 10.9. The first-order valence-corrected chi connectivity index (χ1v) is 12.0. The normalized spacial score (nSPS) is 24.9. The number of amides is 1. The van der Waals surface area contributed by atoms with Crippen molar-refractivity contribution in [3.8, 4) is 5.75 Å². The predicted octanol–water partition coefficient (Wildman–Crippen LogP) is 5.79. The van der Waals surface area contributed by atoms with Crippen molar-refractivity contribution in [2.75, 3.05) is 5.32 Å². The molecule has 1 spiro atoms. The van der Waals surface area contributed by atoms with Crippen LogP contribution in [-0.2, 0) is 16.9 Å². The molecule has 3 aromatic rings. The van der Waals surface area contributed by atoms with Crippen molar-refractivity contribution in [3.05, 3.63) is 103 Å². The zero-order valence-electron chi connectivity index (χ0n) is 18.4. The van der Waals surface area contributed by atoms with Crippen molar-refractivity contribution >= 4 is 46.4 Å². The summed E-state index contributed by atoms with van der Waals surface area (Å²) in [5.41, 5.74) is 0.908. The highest BCUT2D eigenvalue weighted by atomic mass is 35.5. The number of hydrogen-bond acceptors (Lipinski definition) is 5. The Labute approximate surface area is 216 Å². The highest BCUT2D eigenvalue weighted by Gasteiger charge is 2.67. The van der Waals surface area contributed by atoms with E-state index in [0.717, 1.165) is 5.56 Å². The van der Waals surface area contributed by atoms with E-state index in [0.29, 0.717) is 21.8 Å². The molecule has 10 heteroatoms. The number of carbonyl (C=O) groups excluding carboxylic acids is 1. The van der Waals surface area contributed by atoms with Crippen LogP contribution in [-0.4, -0.2) is 22.9 Å². The summed E-state index contributed by atoms with van der Waals surface area (Å²) < 4.78 is 5.85. The minimum absolute atomic E-state index is 0.150. The van der Waals surface area contributed by atoms with E-state index in [1.165, 1.54) is 0 Å². The summed E-state index contributed by atoms with van der Waals surface area (Å²) in [6, 6.07) is 15.8. The van der Waals surface area contributed by atoms with Crippen molar-refractivity contribution in [2.24, 2.45) is 0 Å². The minimum Gasteiger partial charge on any atom is -0.486 e. The van der Waals surface area contributed by atoms with Gasteiger partial charge in [-0.1, -0.05) is 71.2 Å². The third-order valence-electron chi connectivity index (χ3n) is 6.70. The molecule has 1 fully saturated rings. The Balaban J connectivity index is 1.52. The minimum atomic E-state index is -1.51. The molecule has 3 aromatic carbocycles. The van der Waals surface area contributed by atoms with Gasteiger partial charge in [-0.15, -0.1) is 0 Å². The van der Waals surface area contributed by atoms with Crippen LogP contribution in [0.1, 0.15) is 29.5 Å². The van der Waals surface area contributed by atoms with E-state index in [9.17, 15) is 14.9 Å². The van der Waals surface area contributed by atoms with Gasteiger partial charge in [-0.25, -0.2) is 0 Å². The molecule has 0 aromatic heterocycles. The zero-order chi connectivity index (χ0) is 24.9. The predicted molar refractivity (Wildman–Crippen MR) is 135 cm³/mol. The summed E-state index contributed by atoms with van der Waals surface area (Å²) in [5, 5.41) is 19.5. The maximum Gasteiger partial charge on any atom is 0.256 e. The van der Waals surface area contributed by atoms with E-state index in [4.69, 9.17) is 39.5 Å². The average Bonchev–Trinajstić information content (AvgIpc) is 3.28. The SMILES string of the molecule is C[C@@H]1N[C@]2(C(=O)Nc3ccccc32)[C@@H]([N+](=O)[O-])[C@@H]1c1cc(Cl)c(OCc2ccccc2Cl)c(Cl)c1. The number of nitrogens with one attached hydrogen (secondary N) is 2. The summed E-state index contributed by atoms with van der Waals surface area (Å²) in [5.74, 6) is -0.881. The topological polar surface area (TPSA) is 93.5 Å². The molecule has 2 N–H and O–H groups in total. The molecular formula is C25H20Cl3N3O4. The van der Waals surface area contributed by atoms with E-state index in [1.807, 2.05) is 25.1 Å². The number of hydrogen-bond donors (Lipinski definition) is 2. The molecule has 0 radical (unpaired) electrons. The molecule has 4 atom stereocenters. The van der Waals surface area contributed by atoms with Gasteiger partial charge in [0.1, 0.15) is 6.61 Å². The number of anilines is 1. The lowest BCUT2D eigenvalue weighted by Crippen LogP contribution is -2.54. The Morgan fingerprint density at radius 1 is 1.03 bits per heavy atom. The number of halogens is 3. The van der Waals surface area contributed by atoms with E-state index in [1.54, 1.807) is 42.5 Å². The number of rotatable bonds is 5. The van der Waals surface area contributed by atoms with Crippen molar-refractivity contribution in [2.45, 2.75) is 37.1 Å². The summed E-state index contributed by atoms with van der Waals surface area (Å²) in [6.45, 7) is 1.96. The molecule has 1 saturated heterocycles. The molecule has 2 aliphatic heterocycles. The second-order valence-electron chi connectivity index (χ2n) is 8.69. The molecule has 0 saturated carbocycles. The van der Waals surface area contributed by atoms with Gasteiger partial charge in [0.25, 0.3) is 11.9 Å². The lowest BCUT2D eigenvalue weighted by molar-refractivity contribution is -0.532. The molecule has 35 heavy (non-hydrogen) atoms. The Morgan fingerprint density at radius 3 is 2.37 bits per heavy atom. The van der Waals surface area contributed by atoms with Crippen LogP contribution in [0.5, 0.6) is 5.75 Å².